The molecular weight excluding hydrogens is 500 g/mol. The summed E-state index contributed by atoms with van der Waals surface area (Å²) in [4.78, 5) is 15.0. The van der Waals surface area contributed by atoms with Crippen LogP contribution in [0.5, 0.6) is 11.5 Å². The highest BCUT2D eigenvalue weighted by molar-refractivity contribution is 6.32. The second-order valence-corrected chi connectivity index (χ2v) is 11.4. The van der Waals surface area contributed by atoms with Crippen molar-refractivity contribution >= 4 is 17.5 Å². The SMILES string of the molecule is CCc1cccc(Oc2c(Cl)cccc2C(O)(CCCCC2CCCN(C(=O)C3CCC(N)C3)C2)OC)c1. The molecule has 1 aliphatic heterocycles. The van der Waals surface area contributed by atoms with Crippen molar-refractivity contribution in [2.24, 2.45) is 17.6 Å². The number of benzene rings is 2. The van der Waals surface area contributed by atoms with E-state index in [1.807, 2.05) is 30.3 Å². The fraction of sp³-hybridized carbons (Fsp3) is 0.581. The lowest BCUT2D eigenvalue weighted by molar-refractivity contribution is -0.200. The van der Waals surface area contributed by atoms with Crippen LogP contribution in [0.25, 0.3) is 0 Å². The number of amides is 1. The van der Waals surface area contributed by atoms with Gasteiger partial charge >= 0.3 is 0 Å². The van der Waals surface area contributed by atoms with E-state index < -0.39 is 5.79 Å². The molecule has 2 aliphatic rings. The van der Waals surface area contributed by atoms with Crippen molar-refractivity contribution in [3.63, 3.8) is 0 Å². The molecule has 4 rings (SSSR count). The Balaban J connectivity index is 1.34. The fourth-order valence-electron chi connectivity index (χ4n) is 6.01. The molecule has 0 aromatic heterocycles. The molecule has 38 heavy (non-hydrogen) atoms. The molecule has 1 aliphatic carbocycles. The van der Waals surface area contributed by atoms with Gasteiger partial charge in [-0.15, -0.1) is 0 Å². The molecule has 208 valence electrons. The Morgan fingerprint density at radius 1 is 1.18 bits per heavy atom. The van der Waals surface area contributed by atoms with E-state index in [9.17, 15) is 9.90 Å². The minimum Gasteiger partial charge on any atom is -0.455 e. The normalized spacial score (nSPS) is 23.3. The number of nitrogens with two attached hydrogens (primary N) is 1. The molecule has 6 nitrogen and oxygen atoms in total. The monoisotopic (exact) mass is 542 g/mol. The molecule has 3 N–H and O–H groups in total. The number of likely N-dealkylation sites (tertiary alicyclic amines) is 1. The first-order valence-corrected chi connectivity index (χ1v) is 14.6. The predicted molar refractivity (Wildman–Crippen MR) is 151 cm³/mol. The fourth-order valence-corrected chi connectivity index (χ4v) is 6.22. The van der Waals surface area contributed by atoms with Gasteiger partial charge in [-0.2, -0.15) is 0 Å². The number of rotatable bonds is 11. The third-order valence-corrected chi connectivity index (χ3v) is 8.58. The van der Waals surface area contributed by atoms with Gasteiger partial charge in [0.15, 0.2) is 11.5 Å². The van der Waals surface area contributed by atoms with E-state index in [4.69, 9.17) is 26.8 Å². The maximum Gasteiger partial charge on any atom is 0.225 e. The van der Waals surface area contributed by atoms with Crippen molar-refractivity contribution in [2.75, 3.05) is 20.2 Å². The number of ether oxygens (including phenoxy) is 2. The summed E-state index contributed by atoms with van der Waals surface area (Å²) < 4.78 is 11.9. The first-order chi connectivity index (χ1) is 18.3. The van der Waals surface area contributed by atoms with Crippen LogP contribution in [-0.4, -0.2) is 42.2 Å². The Kier molecular flexibility index (Phi) is 10.1. The number of hydrogen-bond donors (Lipinski definition) is 2. The zero-order chi connectivity index (χ0) is 27.1. The number of piperidine rings is 1. The summed E-state index contributed by atoms with van der Waals surface area (Å²) in [6, 6.07) is 13.4. The number of nitrogens with zero attached hydrogens (tertiary/aromatic N) is 1. The third kappa shape index (κ3) is 7.09. The molecule has 0 spiro atoms. The Hall–Kier alpha value is -2.12. The highest BCUT2D eigenvalue weighted by atomic mass is 35.5. The summed E-state index contributed by atoms with van der Waals surface area (Å²) in [7, 11) is 1.52. The van der Waals surface area contributed by atoms with Gasteiger partial charge in [-0.05, 0) is 87.1 Å². The van der Waals surface area contributed by atoms with Crippen molar-refractivity contribution in [3.05, 3.63) is 58.6 Å². The third-order valence-electron chi connectivity index (χ3n) is 8.28. The number of para-hydroxylation sites is 1. The summed E-state index contributed by atoms with van der Waals surface area (Å²) in [6.07, 6.45) is 8.99. The van der Waals surface area contributed by atoms with E-state index in [0.29, 0.717) is 40.3 Å². The first-order valence-electron chi connectivity index (χ1n) is 14.2. The van der Waals surface area contributed by atoms with Crippen molar-refractivity contribution in [1.82, 2.24) is 4.90 Å². The Bertz CT molecular complexity index is 1080. The largest absolute Gasteiger partial charge is 0.455 e. The van der Waals surface area contributed by atoms with Crippen LogP contribution < -0.4 is 10.5 Å². The van der Waals surface area contributed by atoms with Crippen LogP contribution in [0.4, 0.5) is 0 Å². The maximum absolute atomic E-state index is 13.0. The topological polar surface area (TPSA) is 85.0 Å². The van der Waals surface area contributed by atoms with Gasteiger partial charge in [-0.25, -0.2) is 0 Å². The van der Waals surface area contributed by atoms with E-state index in [1.165, 1.54) is 7.11 Å². The van der Waals surface area contributed by atoms with Gasteiger partial charge in [0.25, 0.3) is 0 Å². The van der Waals surface area contributed by atoms with Gasteiger partial charge in [0.1, 0.15) is 5.75 Å². The molecule has 2 aromatic carbocycles. The van der Waals surface area contributed by atoms with E-state index >= 15 is 0 Å². The number of carbonyl (C=O) groups is 1. The van der Waals surface area contributed by atoms with Crippen LogP contribution in [0.3, 0.4) is 0 Å². The zero-order valence-corrected chi connectivity index (χ0v) is 23.6. The van der Waals surface area contributed by atoms with Crippen LogP contribution in [-0.2, 0) is 21.7 Å². The Labute approximate surface area is 232 Å². The lowest BCUT2D eigenvalue weighted by atomic mass is 9.90. The van der Waals surface area contributed by atoms with E-state index in [-0.39, 0.29) is 12.0 Å². The quantitative estimate of drug-likeness (QED) is 0.253. The average Bonchev–Trinajstić information content (AvgIpc) is 3.38. The van der Waals surface area contributed by atoms with Gasteiger partial charge in [-0.1, -0.05) is 43.1 Å². The molecule has 2 aromatic rings. The highest BCUT2D eigenvalue weighted by Gasteiger charge is 2.35. The molecular formula is C31H43ClN2O4. The lowest BCUT2D eigenvalue weighted by Gasteiger charge is -2.34. The number of carbonyl (C=O) groups excluding carboxylic acids is 1. The number of aliphatic hydroxyl groups is 1. The number of methoxy groups -OCH3 is 1. The van der Waals surface area contributed by atoms with Gasteiger partial charge in [-0.3, -0.25) is 4.79 Å². The van der Waals surface area contributed by atoms with Gasteiger partial charge in [0, 0.05) is 38.6 Å². The maximum atomic E-state index is 13.0. The molecule has 1 heterocycles. The number of unbranched alkanes of at least 4 members (excludes halogenated alkanes) is 1. The van der Waals surface area contributed by atoms with Gasteiger partial charge in [0.05, 0.1) is 10.6 Å². The van der Waals surface area contributed by atoms with Crippen molar-refractivity contribution in [1.29, 1.82) is 0 Å². The van der Waals surface area contributed by atoms with Gasteiger partial charge < -0.3 is 25.2 Å². The predicted octanol–water partition coefficient (Wildman–Crippen LogP) is 6.41. The standard InChI is InChI=1S/C31H43ClN2O4/c1-3-22-10-6-12-26(19-22)38-29-27(13-7-14-28(29)32)31(36,37-2)17-5-4-9-23-11-8-18-34(21-23)30(35)24-15-16-25(33)20-24/h6-7,10,12-14,19,23-25,36H,3-5,8-9,11,15-18,20-21,33H2,1-2H3. The highest BCUT2D eigenvalue weighted by Crippen LogP contribution is 2.41. The number of hydrogen-bond acceptors (Lipinski definition) is 5. The van der Waals surface area contributed by atoms with Crippen molar-refractivity contribution in [2.45, 2.75) is 83.0 Å². The first kappa shape index (κ1) is 28.9. The van der Waals surface area contributed by atoms with E-state index in [2.05, 4.69) is 17.9 Å². The second kappa shape index (κ2) is 13.3. The van der Waals surface area contributed by atoms with E-state index in [0.717, 1.165) is 76.4 Å². The van der Waals surface area contributed by atoms with Gasteiger partial charge in [0.2, 0.25) is 5.91 Å². The second-order valence-electron chi connectivity index (χ2n) is 11.0. The molecule has 1 saturated heterocycles. The number of halogens is 1. The van der Waals surface area contributed by atoms with Crippen LogP contribution in [0.1, 0.15) is 75.8 Å². The molecule has 1 amide bonds. The Morgan fingerprint density at radius 2 is 2.00 bits per heavy atom. The number of aryl methyl sites for hydroxylation is 1. The molecule has 4 unspecified atom stereocenters. The van der Waals surface area contributed by atoms with Crippen LogP contribution in [0.15, 0.2) is 42.5 Å². The molecule has 7 heteroatoms. The summed E-state index contributed by atoms with van der Waals surface area (Å²) in [5.41, 5.74) is 7.73. The lowest BCUT2D eigenvalue weighted by Crippen LogP contribution is -2.42. The van der Waals surface area contributed by atoms with Crippen LogP contribution in [0.2, 0.25) is 5.02 Å². The summed E-state index contributed by atoms with van der Waals surface area (Å²) in [5.74, 6) is 0.481. The van der Waals surface area contributed by atoms with Crippen molar-refractivity contribution < 1.29 is 19.4 Å². The summed E-state index contributed by atoms with van der Waals surface area (Å²) >= 11 is 6.54. The molecule has 4 atom stereocenters. The average molecular weight is 543 g/mol. The summed E-state index contributed by atoms with van der Waals surface area (Å²) in [6.45, 7) is 3.79. The Morgan fingerprint density at radius 3 is 2.74 bits per heavy atom. The zero-order valence-electron chi connectivity index (χ0n) is 22.8. The minimum atomic E-state index is -1.52. The minimum absolute atomic E-state index is 0.110. The smallest absolute Gasteiger partial charge is 0.225 e. The molecule has 1 saturated carbocycles. The molecule has 0 radical (unpaired) electrons. The molecule has 2 fully saturated rings. The molecule has 0 bridgehead atoms. The van der Waals surface area contributed by atoms with Crippen molar-refractivity contribution in [3.8, 4) is 11.5 Å². The van der Waals surface area contributed by atoms with Crippen LogP contribution >= 0.6 is 11.6 Å². The van der Waals surface area contributed by atoms with Crippen LogP contribution in [0, 0.1) is 11.8 Å². The van der Waals surface area contributed by atoms with E-state index in [1.54, 1.807) is 6.07 Å². The summed E-state index contributed by atoms with van der Waals surface area (Å²) in [5, 5.41) is 12.0.